The zero-order valence-electron chi connectivity index (χ0n) is 14.3. The van der Waals surface area contributed by atoms with Crippen LogP contribution in [0.2, 0.25) is 0 Å². The molecular formula is C19H23N3O2. The molecule has 0 aliphatic heterocycles. The Morgan fingerprint density at radius 3 is 2.08 bits per heavy atom. The molecule has 0 saturated heterocycles. The zero-order valence-corrected chi connectivity index (χ0v) is 14.3. The van der Waals surface area contributed by atoms with E-state index in [0.29, 0.717) is 11.3 Å². The highest BCUT2D eigenvalue weighted by molar-refractivity contribution is 6.01. The SMILES string of the molecule is CCN(CC)c1ccc(C(=O)N/N=C(\C)c2ccc(O)cc2)cc1. The van der Waals surface area contributed by atoms with Gasteiger partial charge in [-0.15, -0.1) is 0 Å². The minimum atomic E-state index is -0.251. The molecule has 0 unspecified atom stereocenters. The van der Waals surface area contributed by atoms with Gasteiger partial charge in [-0.05, 0) is 74.9 Å². The quantitative estimate of drug-likeness (QED) is 0.632. The number of hydrogen-bond donors (Lipinski definition) is 2. The summed E-state index contributed by atoms with van der Waals surface area (Å²) >= 11 is 0. The topological polar surface area (TPSA) is 64.9 Å². The predicted molar refractivity (Wildman–Crippen MR) is 97.8 cm³/mol. The van der Waals surface area contributed by atoms with Crippen LogP contribution in [0.25, 0.3) is 0 Å². The number of rotatable bonds is 6. The lowest BCUT2D eigenvalue weighted by Crippen LogP contribution is -2.22. The predicted octanol–water partition coefficient (Wildman–Crippen LogP) is 3.39. The van der Waals surface area contributed by atoms with E-state index in [1.807, 2.05) is 12.1 Å². The van der Waals surface area contributed by atoms with Crippen molar-refractivity contribution in [2.45, 2.75) is 20.8 Å². The molecule has 0 aliphatic rings. The van der Waals surface area contributed by atoms with Gasteiger partial charge in [0.15, 0.2) is 0 Å². The molecule has 2 aromatic rings. The summed E-state index contributed by atoms with van der Waals surface area (Å²) in [6.45, 7) is 7.86. The Morgan fingerprint density at radius 1 is 1.00 bits per heavy atom. The van der Waals surface area contributed by atoms with Crippen LogP contribution in [0.5, 0.6) is 5.75 Å². The van der Waals surface area contributed by atoms with Gasteiger partial charge >= 0.3 is 0 Å². The summed E-state index contributed by atoms with van der Waals surface area (Å²) in [5.74, 6) is -0.0527. The second kappa shape index (κ2) is 8.15. The first-order valence-electron chi connectivity index (χ1n) is 8.04. The molecule has 1 amide bonds. The van der Waals surface area contributed by atoms with Crippen molar-refractivity contribution in [1.29, 1.82) is 0 Å². The van der Waals surface area contributed by atoms with E-state index in [-0.39, 0.29) is 11.7 Å². The van der Waals surface area contributed by atoms with Crippen LogP contribution in [0, 0.1) is 0 Å². The highest BCUT2D eigenvalue weighted by atomic mass is 16.3. The van der Waals surface area contributed by atoms with E-state index in [1.165, 1.54) is 0 Å². The van der Waals surface area contributed by atoms with Crippen molar-refractivity contribution in [1.82, 2.24) is 5.43 Å². The van der Waals surface area contributed by atoms with Gasteiger partial charge < -0.3 is 10.0 Å². The molecule has 2 aromatic carbocycles. The van der Waals surface area contributed by atoms with Gasteiger partial charge in [0, 0.05) is 24.3 Å². The molecule has 0 bridgehead atoms. The molecule has 0 heterocycles. The first-order chi connectivity index (χ1) is 11.5. The number of phenolic OH excluding ortho intramolecular Hbond substituents is 1. The summed E-state index contributed by atoms with van der Waals surface area (Å²) in [5.41, 5.74) is 5.73. The number of hydrazone groups is 1. The molecule has 0 aliphatic carbocycles. The maximum absolute atomic E-state index is 12.2. The number of phenols is 1. The highest BCUT2D eigenvalue weighted by Gasteiger charge is 2.07. The molecule has 5 nitrogen and oxygen atoms in total. The average Bonchev–Trinajstić information content (AvgIpc) is 2.61. The minimum absolute atomic E-state index is 0.198. The van der Waals surface area contributed by atoms with Crippen LogP contribution in [0.4, 0.5) is 5.69 Å². The molecule has 0 spiro atoms. The number of nitrogens with one attached hydrogen (secondary N) is 1. The van der Waals surface area contributed by atoms with Crippen LogP contribution in [0.1, 0.15) is 36.7 Å². The summed E-state index contributed by atoms with van der Waals surface area (Å²) in [6.07, 6.45) is 0. The Bertz CT molecular complexity index is 702. The number of anilines is 1. The molecule has 0 atom stereocenters. The Morgan fingerprint density at radius 2 is 1.54 bits per heavy atom. The van der Waals surface area contributed by atoms with Gasteiger partial charge in [0.25, 0.3) is 5.91 Å². The molecule has 24 heavy (non-hydrogen) atoms. The van der Waals surface area contributed by atoms with Crippen molar-refractivity contribution in [2.75, 3.05) is 18.0 Å². The number of nitrogens with zero attached hydrogens (tertiary/aromatic N) is 2. The Labute approximate surface area is 142 Å². The van der Waals surface area contributed by atoms with Crippen LogP contribution in [0.3, 0.4) is 0 Å². The Hall–Kier alpha value is -2.82. The van der Waals surface area contributed by atoms with E-state index in [1.54, 1.807) is 43.3 Å². The molecule has 0 radical (unpaired) electrons. The number of hydrogen-bond acceptors (Lipinski definition) is 4. The van der Waals surface area contributed by atoms with E-state index in [4.69, 9.17) is 0 Å². The smallest absolute Gasteiger partial charge is 0.271 e. The average molecular weight is 325 g/mol. The summed E-state index contributed by atoms with van der Waals surface area (Å²) < 4.78 is 0. The van der Waals surface area contributed by atoms with Crippen LogP contribution < -0.4 is 10.3 Å². The molecule has 0 aromatic heterocycles. The maximum Gasteiger partial charge on any atom is 0.271 e. The standard InChI is InChI=1S/C19H23N3O2/c1-4-22(5-2)17-10-6-16(7-11-17)19(24)21-20-14(3)15-8-12-18(23)13-9-15/h6-13,23H,4-5H2,1-3H3,(H,21,24)/b20-14+. The van der Waals surface area contributed by atoms with Crippen LogP contribution >= 0.6 is 0 Å². The Balaban J connectivity index is 2.04. The number of carbonyl (C=O) groups excluding carboxylic acids is 1. The summed E-state index contributed by atoms with van der Waals surface area (Å²) in [6, 6.07) is 14.2. The van der Waals surface area contributed by atoms with Crippen molar-refractivity contribution < 1.29 is 9.90 Å². The number of aromatic hydroxyl groups is 1. The van der Waals surface area contributed by atoms with Crippen molar-refractivity contribution in [3.8, 4) is 5.75 Å². The van der Waals surface area contributed by atoms with Gasteiger partial charge in [0.1, 0.15) is 5.75 Å². The first kappa shape index (κ1) is 17.5. The number of carbonyl (C=O) groups is 1. The molecular weight excluding hydrogens is 302 g/mol. The van der Waals surface area contributed by atoms with Gasteiger partial charge in [-0.3, -0.25) is 4.79 Å². The van der Waals surface area contributed by atoms with Crippen molar-refractivity contribution in [3.63, 3.8) is 0 Å². The zero-order chi connectivity index (χ0) is 17.5. The van der Waals surface area contributed by atoms with Crippen molar-refractivity contribution >= 4 is 17.3 Å². The molecule has 0 fully saturated rings. The van der Waals surface area contributed by atoms with E-state index in [9.17, 15) is 9.90 Å². The maximum atomic E-state index is 12.2. The third kappa shape index (κ3) is 4.35. The fourth-order valence-electron chi connectivity index (χ4n) is 2.38. The second-order valence-corrected chi connectivity index (χ2v) is 5.40. The van der Waals surface area contributed by atoms with Crippen LogP contribution in [0.15, 0.2) is 53.6 Å². The lowest BCUT2D eigenvalue weighted by molar-refractivity contribution is 0.0955. The molecule has 5 heteroatoms. The lowest BCUT2D eigenvalue weighted by Gasteiger charge is -2.20. The molecule has 2 rings (SSSR count). The highest BCUT2D eigenvalue weighted by Crippen LogP contribution is 2.15. The lowest BCUT2D eigenvalue weighted by atomic mass is 10.1. The van der Waals surface area contributed by atoms with Crippen molar-refractivity contribution in [2.24, 2.45) is 5.10 Å². The fourth-order valence-corrected chi connectivity index (χ4v) is 2.38. The van der Waals surface area contributed by atoms with Gasteiger partial charge in [-0.2, -0.15) is 5.10 Å². The van der Waals surface area contributed by atoms with Crippen LogP contribution in [-0.2, 0) is 0 Å². The number of amides is 1. The third-order valence-corrected chi connectivity index (χ3v) is 3.87. The van der Waals surface area contributed by atoms with Crippen molar-refractivity contribution in [3.05, 3.63) is 59.7 Å². The summed E-state index contributed by atoms with van der Waals surface area (Å²) in [5, 5.41) is 13.4. The van der Waals surface area contributed by atoms with E-state index >= 15 is 0 Å². The normalized spacial score (nSPS) is 11.2. The van der Waals surface area contributed by atoms with Crippen LogP contribution in [-0.4, -0.2) is 29.8 Å². The second-order valence-electron chi connectivity index (χ2n) is 5.40. The van der Waals surface area contributed by atoms with E-state index < -0.39 is 0 Å². The van der Waals surface area contributed by atoms with Gasteiger partial charge in [-0.1, -0.05) is 0 Å². The largest absolute Gasteiger partial charge is 0.508 e. The van der Waals surface area contributed by atoms with E-state index in [2.05, 4.69) is 29.3 Å². The summed E-state index contributed by atoms with van der Waals surface area (Å²) in [7, 11) is 0. The number of benzene rings is 2. The summed E-state index contributed by atoms with van der Waals surface area (Å²) in [4.78, 5) is 14.4. The fraction of sp³-hybridized carbons (Fsp3) is 0.263. The molecule has 0 saturated carbocycles. The van der Waals surface area contributed by atoms with Gasteiger partial charge in [-0.25, -0.2) is 5.43 Å². The third-order valence-electron chi connectivity index (χ3n) is 3.87. The van der Waals surface area contributed by atoms with Gasteiger partial charge in [0.2, 0.25) is 0 Å². The molecule has 2 N–H and O–H groups in total. The monoisotopic (exact) mass is 325 g/mol. The van der Waals surface area contributed by atoms with E-state index in [0.717, 1.165) is 24.3 Å². The first-order valence-corrected chi connectivity index (χ1v) is 8.04. The minimum Gasteiger partial charge on any atom is -0.508 e. The molecule has 126 valence electrons. The van der Waals surface area contributed by atoms with Gasteiger partial charge in [0.05, 0.1) is 5.71 Å². The Kier molecular flexibility index (Phi) is 5.95.